The highest BCUT2D eigenvalue weighted by Crippen LogP contribution is 2.44. The number of pyridine rings is 1. The van der Waals surface area contributed by atoms with Crippen molar-refractivity contribution >= 4 is 27.6 Å². The third-order valence-electron chi connectivity index (χ3n) is 6.45. The van der Waals surface area contributed by atoms with Gasteiger partial charge < -0.3 is 4.42 Å². The third kappa shape index (κ3) is 3.56. The van der Waals surface area contributed by atoms with Gasteiger partial charge in [-0.2, -0.15) is 4.57 Å². The van der Waals surface area contributed by atoms with Gasteiger partial charge in [0.15, 0.2) is 5.69 Å². The number of rotatable bonds is 4. The van der Waals surface area contributed by atoms with E-state index in [1.807, 2.05) is 89.3 Å². The first-order valence-electron chi connectivity index (χ1n) is 12.6. The Morgan fingerprint density at radius 2 is 1.68 bits per heavy atom. The van der Waals surface area contributed by atoms with E-state index in [1.165, 1.54) is 0 Å². The second kappa shape index (κ2) is 8.47. The Hall–Kier alpha value is -3.90. The van der Waals surface area contributed by atoms with Gasteiger partial charge in [-0.15, -0.1) is 0 Å². The van der Waals surface area contributed by atoms with Crippen LogP contribution in [0.1, 0.15) is 33.4 Å². The van der Waals surface area contributed by atoms with Crippen molar-refractivity contribution in [3.63, 3.8) is 0 Å². The summed E-state index contributed by atoms with van der Waals surface area (Å²) in [6.07, 6.45) is -1.47. The Labute approximate surface area is 203 Å². The van der Waals surface area contributed by atoms with E-state index >= 15 is 0 Å². The number of aromatic nitrogens is 1. The lowest BCUT2D eigenvalue weighted by Gasteiger charge is -2.11. The second-order valence-corrected chi connectivity index (χ2v) is 9.18. The molecule has 2 heterocycles. The lowest BCUT2D eigenvalue weighted by atomic mass is 9.96. The van der Waals surface area contributed by atoms with Crippen molar-refractivity contribution in [2.45, 2.75) is 34.1 Å². The molecular weight excluding hydrogens is 416 g/mol. The molecule has 0 N–H and O–H groups in total. The van der Waals surface area contributed by atoms with Crippen LogP contribution in [-0.4, -0.2) is 0 Å². The van der Waals surface area contributed by atoms with Crippen LogP contribution in [0.15, 0.2) is 71.1 Å². The zero-order chi connectivity index (χ0) is 25.8. The molecule has 0 fully saturated rings. The highest BCUT2D eigenvalue weighted by atomic mass is 16.3. The summed E-state index contributed by atoms with van der Waals surface area (Å²) < 4.78 is 26.1. The topological polar surface area (TPSA) is 21.4 Å². The Morgan fingerprint density at radius 3 is 2.38 bits per heavy atom. The molecule has 2 aromatic heterocycles. The molecule has 3 nitrogen and oxygen atoms in total. The number of furan rings is 1. The molecule has 0 radical (unpaired) electrons. The molecule has 5 rings (SSSR count). The Kier molecular flexibility index (Phi) is 4.87. The molecule has 0 unspecified atom stereocenters. The summed E-state index contributed by atoms with van der Waals surface area (Å²) in [6.45, 7) is 15.8. The molecule has 0 saturated heterocycles. The highest BCUT2D eigenvalue weighted by molar-refractivity contribution is 6.14. The minimum atomic E-state index is -1.47. The van der Waals surface area contributed by atoms with Crippen LogP contribution in [-0.2, 0) is 13.4 Å². The average molecular weight is 448 g/mol. The maximum Gasteiger partial charge on any atom is 0.237 e. The summed E-state index contributed by atoms with van der Waals surface area (Å²) in [5.41, 5.74) is 8.11. The van der Waals surface area contributed by atoms with Crippen LogP contribution >= 0.6 is 0 Å². The monoisotopic (exact) mass is 447 g/mol. The summed E-state index contributed by atoms with van der Waals surface area (Å²) in [6, 6.07) is 22.0. The van der Waals surface area contributed by atoms with E-state index in [0.717, 1.165) is 50.0 Å². The number of fused-ring (bicyclic) bond motifs is 3. The summed E-state index contributed by atoms with van der Waals surface area (Å²) >= 11 is 0. The summed E-state index contributed by atoms with van der Waals surface area (Å²) in [5.74, 6) is -0.168. The van der Waals surface area contributed by atoms with E-state index in [1.54, 1.807) is 0 Å². The van der Waals surface area contributed by atoms with E-state index in [-0.39, 0.29) is 5.92 Å². The van der Waals surface area contributed by atoms with Gasteiger partial charge in [-0.05, 0) is 41.5 Å². The summed E-state index contributed by atoms with van der Waals surface area (Å²) in [4.78, 5) is 3.89. The van der Waals surface area contributed by atoms with Crippen LogP contribution in [0.5, 0.6) is 0 Å². The summed E-state index contributed by atoms with van der Waals surface area (Å²) in [5, 5.41) is 1.86. The second-order valence-electron chi connectivity index (χ2n) is 9.18. The lowest BCUT2D eigenvalue weighted by molar-refractivity contribution is -0.666. The van der Waals surface area contributed by atoms with Crippen molar-refractivity contribution in [1.29, 1.82) is 0 Å². The predicted octanol–water partition coefficient (Wildman–Crippen LogP) is 8.11. The van der Waals surface area contributed by atoms with Gasteiger partial charge in [0.05, 0.1) is 12.1 Å². The first kappa shape index (κ1) is 19.6. The first-order valence-corrected chi connectivity index (χ1v) is 11.6. The van der Waals surface area contributed by atoms with Crippen LogP contribution in [0, 0.1) is 26.3 Å². The van der Waals surface area contributed by atoms with Gasteiger partial charge in [-0.3, -0.25) is 0 Å². The van der Waals surface area contributed by atoms with E-state index in [9.17, 15) is 0 Å². The van der Waals surface area contributed by atoms with Crippen molar-refractivity contribution < 1.29 is 11.7 Å². The van der Waals surface area contributed by atoms with Gasteiger partial charge in [0.2, 0.25) is 11.4 Å². The fourth-order valence-corrected chi connectivity index (χ4v) is 4.72. The van der Waals surface area contributed by atoms with Crippen LogP contribution in [0.4, 0.5) is 5.69 Å². The van der Waals surface area contributed by atoms with Crippen molar-refractivity contribution in [2.75, 3.05) is 0 Å². The van der Waals surface area contributed by atoms with Crippen molar-refractivity contribution in [1.82, 2.24) is 0 Å². The number of aryl methyl sites for hydroxylation is 2. The smallest absolute Gasteiger partial charge is 0.237 e. The van der Waals surface area contributed by atoms with Crippen LogP contribution in [0.3, 0.4) is 0 Å². The molecule has 0 amide bonds. The molecule has 5 aromatic rings. The van der Waals surface area contributed by atoms with E-state index < -0.39 is 6.37 Å². The van der Waals surface area contributed by atoms with Gasteiger partial charge in [0, 0.05) is 32.6 Å². The number of nitrogens with zero attached hydrogens (tertiary/aromatic N) is 2. The Balaban J connectivity index is 1.84. The van der Waals surface area contributed by atoms with Gasteiger partial charge in [-0.25, -0.2) is 4.85 Å². The molecule has 0 spiro atoms. The van der Waals surface area contributed by atoms with E-state index in [2.05, 4.69) is 21.5 Å². The fourth-order valence-electron chi connectivity index (χ4n) is 4.72. The molecule has 0 aliphatic carbocycles. The zero-order valence-corrected chi connectivity index (χ0v) is 20.2. The fraction of sp³-hybridized carbons (Fsp3) is 0.226. The molecule has 34 heavy (non-hydrogen) atoms. The maximum absolute atomic E-state index is 8.71. The third-order valence-corrected chi connectivity index (χ3v) is 6.45. The molecule has 0 saturated carbocycles. The van der Waals surface area contributed by atoms with Crippen LogP contribution < -0.4 is 4.57 Å². The van der Waals surface area contributed by atoms with Crippen molar-refractivity contribution in [3.05, 3.63) is 95.0 Å². The maximum atomic E-state index is 8.71. The zero-order valence-electron chi connectivity index (χ0n) is 22.2. The minimum Gasteiger partial charge on any atom is -0.466 e. The number of benzene rings is 3. The molecule has 0 aliphatic rings. The molecule has 3 aromatic carbocycles. The number of hydrogen-bond acceptors (Lipinski definition) is 1. The van der Waals surface area contributed by atoms with E-state index in [4.69, 9.17) is 13.7 Å². The Morgan fingerprint density at radius 1 is 0.971 bits per heavy atom. The largest absolute Gasteiger partial charge is 0.466 e. The average Bonchev–Trinajstić information content (AvgIpc) is 3.24. The molecule has 0 atom stereocenters. The molecular formula is C31H29N2O+. The quantitative estimate of drug-likeness (QED) is 0.201. The summed E-state index contributed by atoms with van der Waals surface area (Å²) in [7, 11) is 2.00. The molecule has 168 valence electrons. The van der Waals surface area contributed by atoms with Gasteiger partial charge >= 0.3 is 0 Å². The van der Waals surface area contributed by atoms with Gasteiger partial charge in [0.25, 0.3) is 0 Å². The van der Waals surface area contributed by atoms with E-state index in [0.29, 0.717) is 16.8 Å². The van der Waals surface area contributed by atoms with Crippen molar-refractivity contribution in [2.24, 2.45) is 13.0 Å². The van der Waals surface area contributed by atoms with Crippen molar-refractivity contribution in [3.8, 4) is 22.4 Å². The standard InChI is InChI=1S/C31H29N2O/c1-19(2)16-22-17-21(4)33(6)27(18-22)28-20(3)12-13-25-26-15-14-24(23-10-8-7-9-11-23)29(32-5)31(26)34-30(25)28/h7-15,17-19H,16H2,1-4,6H3/q+1/i16D2. The predicted molar refractivity (Wildman–Crippen MR) is 140 cm³/mol. The molecule has 0 bridgehead atoms. The minimum absolute atomic E-state index is 0.168. The molecule has 0 aliphatic heterocycles. The normalized spacial score (nSPS) is 12.7. The lowest BCUT2D eigenvalue weighted by Crippen LogP contribution is -2.35. The molecule has 3 heteroatoms. The van der Waals surface area contributed by atoms with Crippen LogP contribution in [0.2, 0.25) is 0 Å². The number of hydrogen-bond donors (Lipinski definition) is 0. The highest BCUT2D eigenvalue weighted by Gasteiger charge is 2.24. The first-order chi connectivity index (χ1) is 17.1. The van der Waals surface area contributed by atoms with Gasteiger partial charge in [-0.1, -0.05) is 68.4 Å². The van der Waals surface area contributed by atoms with Crippen LogP contribution in [0.25, 0.3) is 49.2 Å². The Bertz CT molecular complexity index is 1680. The van der Waals surface area contributed by atoms with Gasteiger partial charge in [0.1, 0.15) is 18.2 Å². The SMILES string of the molecule is [2H]C([2H])(c1cc(C)[n+](C)c(-c2c(C)ccc3c2oc2c([N+]#[C-])c(-c4ccccc4)ccc23)c1)C(C)C.